The standard InChI is InChI=1S/C12H23N5OS/c1-5-19(18)7-6-14-11-9(4)12(17-13)16-10(15-11)8(2)3/h8H,5-7,13H2,1-4H3,(H2,14,15,16,17). The van der Waals surface area contributed by atoms with Crippen LogP contribution in [0, 0.1) is 6.92 Å². The topological polar surface area (TPSA) is 92.9 Å². The molecular weight excluding hydrogens is 262 g/mol. The van der Waals surface area contributed by atoms with Gasteiger partial charge in [-0.05, 0) is 6.92 Å². The van der Waals surface area contributed by atoms with E-state index in [1.54, 1.807) is 0 Å². The van der Waals surface area contributed by atoms with E-state index >= 15 is 0 Å². The number of hydrogen-bond donors (Lipinski definition) is 3. The van der Waals surface area contributed by atoms with E-state index in [-0.39, 0.29) is 5.92 Å². The van der Waals surface area contributed by atoms with Crippen LogP contribution in [0.25, 0.3) is 0 Å². The molecule has 0 saturated carbocycles. The highest BCUT2D eigenvalue weighted by molar-refractivity contribution is 7.84. The average molecular weight is 285 g/mol. The number of nitrogens with one attached hydrogen (secondary N) is 2. The molecule has 0 fully saturated rings. The predicted molar refractivity (Wildman–Crippen MR) is 80.7 cm³/mol. The minimum absolute atomic E-state index is 0.220. The van der Waals surface area contributed by atoms with Crippen LogP contribution in [0.2, 0.25) is 0 Å². The molecule has 1 atom stereocenters. The molecule has 0 bridgehead atoms. The highest BCUT2D eigenvalue weighted by atomic mass is 32.2. The van der Waals surface area contributed by atoms with Crippen molar-refractivity contribution in [2.75, 3.05) is 28.8 Å². The van der Waals surface area contributed by atoms with Gasteiger partial charge in [-0.15, -0.1) is 0 Å². The van der Waals surface area contributed by atoms with E-state index in [0.717, 1.165) is 17.2 Å². The van der Waals surface area contributed by atoms with Gasteiger partial charge in [-0.2, -0.15) is 0 Å². The summed E-state index contributed by atoms with van der Waals surface area (Å²) >= 11 is 0. The van der Waals surface area contributed by atoms with Gasteiger partial charge < -0.3 is 10.7 Å². The second-order valence-electron chi connectivity index (χ2n) is 4.56. The first kappa shape index (κ1) is 15.8. The van der Waals surface area contributed by atoms with Gasteiger partial charge in [-0.3, -0.25) is 4.21 Å². The molecule has 19 heavy (non-hydrogen) atoms. The van der Waals surface area contributed by atoms with Crippen molar-refractivity contribution in [3.63, 3.8) is 0 Å². The molecule has 4 N–H and O–H groups in total. The Balaban J connectivity index is 2.86. The molecule has 6 nitrogen and oxygen atoms in total. The molecule has 108 valence electrons. The highest BCUT2D eigenvalue weighted by Gasteiger charge is 2.12. The number of nitrogens with zero attached hydrogens (tertiary/aromatic N) is 2. The smallest absolute Gasteiger partial charge is 0.148 e. The normalized spacial score (nSPS) is 12.5. The Bertz CT molecular complexity index is 450. The van der Waals surface area contributed by atoms with Crippen molar-refractivity contribution < 1.29 is 4.21 Å². The fourth-order valence-electron chi connectivity index (χ4n) is 1.53. The van der Waals surface area contributed by atoms with Crippen molar-refractivity contribution in [1.82, 2.24) is 9.97 Å². The number of aromatic nitrogens is 2. The number of anilines is 2. The lowest BCUT2D eigenvalue weighted by Crippen LogP contribution is -2.18. The summed E-state index contributed by atoms with van der Waals surface area (Å²) in [5.74, 6) is 9.09. The molecule has 1 rings (SSSR count). The lowest BCUT2D eigenvalue weighted by molar-refractivity contribution is 0.684. The Kier molecular flexibility index (Phi) is 6.17. The molecule has 1 aromatic heterocycles. The zero-order chi connectivity index (χ0) is 14.4. The largest absolute Gasteiger partial charge is 0.369 e. The zero-order valence-electron chi connectivity index (χ0n) is 12.0. The predicted octanol–water partition coefficient (Wildman–Crippen LogP) is 1.37. The number of rotatable bonds is 7. The Labute approximate surface area is 117 Å². The Morgan fingerprint density at radius 2 is 1.95 bits per heavy atom. The first-order valence-corrected chi connectivity index (χ1v) is 7.92. The molecule has 0 aliphatic rings. The van der Waals surface area contributed by atoms with Crippen LogP contribution in [-0.2, 0) is 10.8 Å². The van der Waals surface area contributed by atoms with Crippen molar-refractivity contribution in [2.45, 2.75) is 33.6 Å². The van der Waals surface area contributed by atoms with Crippen molar-refractivity contribution in [1.29, 1.82) is 0 Å². The van der Waals surface area contributed by atoms with E-state index in [4.69, 9.17) is 5.84 Å². The summed E-state index contributed by atoms with van der Waals surface area (Å²) in [6.45, 7) is 8.50. The van der Waals surface area contributed by atoms with Crippen LogP contribution in [0.1, 0.15) is 38.1 Å². The van der Waals surface area contributed by atoms with Crippen LogP contribution in [0.3, 0.4) is 0 Å². The monoisotopic (exact) mass is 285 g/mol. The fraction of sp³-hybridized carbons (Fsp3) is 0.667. The molecule has 0 saturated heterocycles. The summed E-state index contributed by atoms with van der Waals surface area (Å²) in [6.07, 6.45) is 0. The molecule has 1 aromatic rings. The maximum Gasteiger partial charge on any atom is 0.148 e. The third-order valence-electron chi connectivity index (χ3n) is 2.76. The Morgan fingerprint density at radius 3 is 2.47 bits per heavy atom. The van der Waals surface area contributed by atoms with E-state index in [2.05, 4.69) is 20.7 Å². The first-order valence-electron chi connectivity index (χ1n) is 6.43. The second kappa shape index (κ2) is 7.40. The second-order valence-corrected chi connectivity index (χ2v) is 6.43. The third kappa shape index (κ3) is 4.43. The fourth-order valence-corrected chi connectivity index (χ4v) is 2.15. The maximum absolute atomic E-state index is 11.4. The third-order valence-corrected chi connectivity index (χ3v) is 4.06. The summed E-state index contributed by atoms with van der Waals surface area (Å²) in [4.78, 5) is 8.85. The van der Waals surface area contributed by atoms with Crippen LogP contribution in [0.15, 0.2) is 0 Å². The molecule has 1 heterocycles. The van der Waals surface area contributed by atoms with Gasteiger partial charge in [-0.1, -0.05) is 20.8 Å². The molecule has 0 spiro atoms. The van der Waals surface area contributed by atoms with Gasteiger partial charge in [0.2, 0.25) is 0 Å². The minimum Gasteiger partial charge on any atom is -0.369 e. The lowest BCUT2D eigenvalue weighted by atomic mass is 10.2. The van der Waals surface area contributed by atoms with Crippen molar-refractivity contribution in [3.8, 4) is 0 Å². The van der Waals surface area contributed by atoms with Crippen LogP contribution in [-0.4, -0.2) is 32.2 Å². The lowest BCUT2D eigenvalue weighted by Gasteiger charge is -2.14. The Hall–Kier alpha value is -1.21. The van der Waals surface area contributed by atoms with Crippen molar-refractivity contribution >= 4 is 22.4 Å². The SMILES string of the molecule is CCS(=O)CCNc1nc(C(C)C)nc(NN)c1C. The molecule has 0 aliphatic carbocycles. The number of hydrazine groups is 1. The number of nitrogens with two attached hydrogens (primary N) is 1. The first-order chi connectivity index (χ1) is 8.99. The van der Waals surface area contributed by atoms with Gasteiger partial charge in [0.15, 0.2) is 0 Å². The van der Waals surface area contributed by atoms with Gasteiger partial charge in [0, 0.05) is 40.3 Å². The molecule has 0 radical (unpaired) electrons. The summed E-state index contributed by atoms with van der Waals surface area (Å²) < 4.78 is 11.4. The van der Waals surface area contributed by atoms with Gasteiger partial charge >= 0.3 is 0 Å². The summed E-state index contributed by atoms with van der Waals surface area (Å²) in [7, 11) is -0.775. The number of hydrogen-bond acceptors (Lipinski definition) is 6. The Morgan fingerprint density at radius 1 is 1.32 bits per heavy atom. The molecule has 0 aliphatic heterocycles. The van der Waals surface area contributed by atoms with Gasteiger partial charge in [0.25, 0.3) is 0 Å². The van der Waals surface area contributed by atoms with E-state index in [0.29, 0.717) is 23.9 Å². The van der Waals surface area contributed by atoms with Gasteiger partial charge in [-0.25, -0.2) is 15.8 Å². The number of nitrogen functional groups attached to an aromatic ring is 1. The molecule has 0 amide bonds. The van der Waals surface area contributed by atoms with Crippen LogP contribution >= 0.6 is 0 Å². The molecule has 1 unspecified atom stereocenters. The maximum atomic E-state index is 11.4. The van der Waals surface area contributed by atoms with Crippen LogP contribution < -0.4 is 16.6 Å². The van der Waals surface area contributed by atoms with E-state index < -0.39 is 10.8 Å². The van der Waals surface area contributed by atoms with E-state index in [1.165, 1.54) is 0 Å². The van der Waals surface area contributed by atoms with Gasteiger partial charge in [0.05, 0.1) is 0 Å². The quantitative estimate of drug-likeness (QED) is 0.517. The van der Waals surface area contributed by atoms with E-state index in [9.17, 15) is 4.21 Å². The van der Waals surface area contributed by atoms with Crippen LogP contribution in [0.4, 0.5) is 11.6 Å². The summed E-state index contributed by atoms with van der Waals surface area (Å²) in [5.41, 5.74) is 3.46. The zero-order valence-corrected chi connectivity index (χ0v) is 12.8. The average Bonchev–Trinajstić information content (AvgIpc) is 2.40. The summed E-state index contributed by atoms with van der Waals surface area (Å²) in [6, 6.07) is 0. The molecule has 7 heteroatoms. The molecular formula is C12H23N5OS. The van der Waals surface area contributed by atoms with E-state index in [1.807, 2.05) is 27.7 Å². The van der Waals surface area contributed by atoms with Crippen molar-refractivity contribution in [3.05, 3.63) is 11.4 Å². The van der Waals surface area contributed by atoms with Gasteiger partial charge in [0.1, 0.15) is 17.5 Å². The summed E-state index contributed by atoms with van der Waals surface area (Å²) in [5, 5.41) is 3.21. The molecule has 0 aromatic carbocycles. The highest BCUT2D eigenvalue weighted by Crippen LogP contribution is 2.22. The van der Waals surface area contributed by atoms with Crippen LogP contribution in [0.5, 0.6) is 0 Å². The minimum atomic E-state index is -0.775. The van der Waals surface area contributed by atoms with Crippen molar-refractivity contribution in [2.24, 2.45) is 5.84 Å².